The van der Waals surface area contributed by atoms with Gasteiger partial charge in [0.15, 0.2) is 5.15 Å². The molecule has 78 valence electrons. The van der Waals surface area contributed by atoms with E-state index >= 15 is 0 Å². The van der Waals surface area contributed by atoms with E-state index in [-0.39, 0.29) is 0 Å². The highest BCUT2D eigenvalue weighted by Gasteiger charge is 1.99. The fraction of sp³-hybridized carbons (Fsp3) is 0.222. The van der Waals surface area contributed by atoms with Gasteiger partial charge in [-0.2, -0.15) is 0 Å². The largest absolute Gasteiger partial charge is 0.364 e. The molecule has 0 aromatic carbocycles. The minimum absolute atomic E-state index is 0.397. The maximum Gasteiger partial charge on any atom is 0.151 e. The van der Waals surface area contributed by atoms with Crippen LogP contribution in [-0.2, 0) is 6.54 Å². The van der Waals surface area contributed by atoms with E-state index in [0.29, 0.717) is 17.5 Å². The van der Waals surface area contributed by atoms with Crippen molar-refractivity contribution in [3.63, 3.8) is 0 Å². The zero-order valence-electron chi connectivity index (χ0n) is 8.07. The molecule has 0 aliphatic rings. The van der Waals surface area contributed by atoms with Gasteiger partial charge in [-0.15, -0.1) is 21.5 Å². The van der Waals surface area contributed by atoms with Gasteiger partial charge in [0, 0.05) is 11.1 Å². The Kier molecular flexibility index (Phi) is 3.13. The molecule has 2 heterocycles. The molecule has 0 unspecified atom stereocenters. The lowest BCUT2D eigenvalue weighted by atomic mass is 10.5. The SMILES string of the molecule is Cc1ncc(CNc2ccc(Cl)nn2)s1. The van der Waals surface area contributed by atoms with Crippen molar-refractivity contribution in [2.75, 3.05) is 5.32 Å². The van der Waals surface area contributed by atoms with Gasteiger partial charge in [-0.3, -0.25) is 0 Å². The van der Waals surface area contributed by atoms with Crippen LogP contribution in [0, 0.1) is 6.92 Å². The monoisotopic (exact) mass is 240 g/mol. The fourth-order valence-corrected chi connectivity index (χ4v) is 1.91. The highest BCUT2D eigenvalue weighted by molar-refractivity contribution is 7.11. The molecule has 0 aliphatic heterocycles. The van der Waals surface area contributed by atoms with Gasteiger partial charge in [-0.05, 0) is 19.1 Å². The molecule has 0 saturated carbocycles. The first-order valence-corrected chi connectivity index (χ1v) is 5.58. The number of thiazole rings is 1. The molecule has 2 aromatic rings. The summed E-state index contributed by atoms with van der Waals surface area (Å²) >= 11 is 7.29. The van der Waals surface area contributed by atoms with Crippen molar-refractivity contribution in [3.8, 4) is 0 Å². The van der Waals surface area contributed by atoms with E-state index in [0.717, 1.165) is 5.01 Å². The third-order valence-corrected chi connectivity index (χ3v) is 2.86. The minimum Gasteiger partial charge on any atom is -0.364 e. The van der Waals surface area contributed by atoms with Crippen molar-refractivity contribution < 1.29 is 0 Å². The van der Waals surface area contributed by atoms with E-state index in [2.05, 4.69) is 20.5 Å². The van der Waals surface area contributed by atoms with Gasteiger partial charge in [0.05, 0.1) is 11.6 Å². The number of halogens is 1. The molecule has 0 bridgehead atoms. The Labute approximate surface area is 96.3 Å². The van der Waals surface area contributed by atoms with Crippen molar-refractivity contribution in [2.45, 2.75) is 13.5 Å². The van der Waals surface area contributed by atoms with Crippen molar-refractivity contribution in [3.05, 3.63) is 33.4 Å². The first-order chi connectivity index (χ1) is 7.24. The van der Waals surface area contributed by atoms with Crippen LogP contribution in [0.5, 0.6) is 0 Å². The molecule has 0 radical (unpaired) electrons. The molecule has 0 spiro atoms. The Morgan fingerprint density at radius 1 is 1.40 bits per heavy atom. The summed E-state index contributed by atoms with van der Waals surface area (Å²) in [5.41, 5.74) is 0. The Morgan fingerprint density at radius 2 is 2.27 bits per heavy atom. The highest BCUT2D eigenvalue weighted by atomic mass is 35.5. The molecule has 6 heteroatoms. The summed E-state index contributed by atoms with van der Waals surface area (Å²) in [7, 11) is 0. The third kappa shape index (κ3) is 2.87. The molecule has 0 saturated heterocycles. The molecule has 0 aliphatic carbocycles. The summed E-state index contributed by atoms with van der Waals surface area (Å²) in [6.07, 6.45) is 1.86. The van der Waals surface area contributed by atoms with E-state index in [1.807, 2.05) is 13.1 Å². The molecular weight excluding hydrogens is 232 g/mol. The Hall–Kier alpha value is -1.20. The summed E-state index contributed by atoms with van der Waals surface area (Å²) in [5.74, 6) is 0.713. The van der Waals surface area contributed by atoms with Crippen LogP contribution in [0.2, 0.25) is 5.15 Å². The van der Waals surface area contributed by atoms with Crippen LogP contribution < -0.4 is 5.32 Å². The molecule has 1 N–H and O–H groups in total. The summed E-state index contributed by atoms with van der Waals surface area (Å²) in [4.78, 5) is 5.33. The lowest BCUT2D eigenvalue weighted by Gasteiger charge is -2.01. The average Bonchev–Trinajstić information content (AvgIpc) is 2.64. The van der Waals surface area contributed by atoms with E-state index in [1.165, 1.54) is 4.88 Å². The van der Waals surface area contributed by atoms with Gasteiger partial charge < -0.3 is 5.32 Å². The van der Waals surface area contributed by atoms with Crippen LogP contribution in [0.4, 0.5) is 5.82 Å². The normalized spacial score (nSPS) is 10.3. The van der Waals surface area contributed by atoms with Crippen LogP contribution >= 0.6 is 22.9 Å². The molecular formula is C9H9ClN4S. The van der Waals surface area contributed by atoms with Crippen molar-refractivity contribution in [2.24, 2.45) is 0 Å². The summed E-state index contributed by atoms with van der Waals surface area (Å²) < 4.78 is 0. The standard InChI is InChI=1S/C9H9ClN4S/c1-6-11-4-7(15-6)5-12-9-3-2-8(10)13-14-9/h2-4H,5H2,1H3,(H,12,14). The molecule has 0 amide bonds. The van der Waals surface area contributed by atoms with Gasteiger partial charge in [0.1, 0.15) is 5.82 Å². The first kappa shape index (κ1) is 10.3. The molecule has 2 aromatic heterocycles. The van der Waals surface area contributed by atoms with Gasteiger partial charge >= 0.3 is 0 Å². The van der Waals surface area contributed by atoms with Gasteiger partial charge in [0.25, 0.3) is 0 Å². The maximum atomic E-state index is 5.62. The van der Waals surface area contributed by atoms with Crippen molar-refractivity contribution >= 4 is 28.8 Å². The Bertz CT molecular complexity index is 440. The summed E-state index contributed by atoms with van der Waals surface area (Å²) in [6.45, 7) is 2.69. The van der Waals surface area contributed by atoms with Crippen LogP contribution in [0.1, 0.15) is 9.88 Å². The topological polar surface area (TPSA) is 50.7 Å². The van der Waals surface area contributed by atoms with E-state index in [1.54, 1.807) is 23.5 Å². The van der Waals surface area contributed by atoms with Crippen LogP contribution in [0.15, 0.2) is 18.3 Å². The molecule has 0 atom stereocenters. The van der Waals surface area contributed by atoms with Gasteiger partial charge in [-0.1, -0.05) is 11.6 Å². The van der Waals surface area contributed by atoms with E-state index < -0.39 is 0 Å². The Morgan fingerprint density at radius 3 is 2.87 bits per heavy atom. The Balaban J connectivity index is 1.96. The molecule has 4 nitrogen and oxygen atoms in total. The zero-order valence-corrected chi connectivity index (χ0v) is 9.64. The first-order valence-electron chi connectivity index (χ1n) is 4.38. The molecule has 0 fully saturated rings. The summed E-state index contributed by atoms with van der Waals surface area (Å²) in [6, 6.07) is 3.50. The summed E-state index contributed by atoms with van der Waals surface area (Å²) in [5, 5.41) is 12.2. The van der Waals surface area contributed by atoms with Gasteiger partial charge in [0.2, 0.25) is 0 Å². The van der Waals surface area contributed by atoms with Gasteiger partial charge in [-0.25, -0.2) is 4.98 Å². The molecule has 15 heavy (non-hydrogen) atoms. The number of nitrogens with zero attached hydrogens (tertiary/aromatic N) is 3. The van der Waals surface area contributed by atoms with E-state index in [9.17, 15) is 0 Å². The number of hydrogen-bond donors (Lipinski definition) is 1. The quantitative estimate of drug-likeness (QED) is 0.896. The van der Waals surface area contributed by atoms with Crippen molar-refractivity contribution in [1.82, 2.24) is 15.2 Å². The third-order valence-electron chi connectivity index (χ3n) is 1.74. The van der Waals surface area contributed by atoms with Crippen LogP contribution in [0.25, 0.3) is 0 Å². The second-order valence-electron chi connectivity index (χ2n) is 2.94. The second-order valence-corrected chi connectivity index (χ2v) is 4.65. The zero-order chi connectivity index (χ0) is 10.7. The number of aryl methyl sites for hydroxylation is 1. The number of rotatable bonds is 3. The minimum atomic E-state index is 0.397. The predicted octanol–water partition coefficient (Wildman–Crippen LogP) is 2.51. The maximum absolute atomic E-state index is 5.62. The fourth-order valence-electron chi connectivity index (χ4n) is 1.08. The number of hydrogen-bond acceptors (Lipinski definition) is 5. The van der Waals surface area contributed by atoms with Crippen LogP contribution in [-0.4, -0.2) is 15.2 Å². The average molecular weight is 241 g/mol. The van der Waals surface area contributed by atoms with E-state index in [4.69, 9.17) is 11.6 Å². The lowest BCUT2D eigenvalue weighted by molar-refractivity contribution is 1.00. The molecule has 2 rings (SSSR count). The van der Waals surface area contributed by atoms with Crippen molar-refractivity contribution in [1.29, 1.82) is 0 Å². The smallest absolute Gasteiger partial charge is 0.151 e. The number of aromatic nitrogens is 3. The van der Waals surface area contributed by atoms with Crippen LogP contribution in [0.3, 0.4) is 0 Å². The lowest BCUT2D eigenvalue weighted by Crippen LogP contribution is -2.00. The number of anilines is 1. The highest BCUT2D eigenvalue weighted by Crippen LogP contribution is 2.13. The second kappa shape index (κ2) is 4.55. The number of nitrogens with one attached hydrogen (secondary N) is 1. The predicted molar refractivity (Wildman–Crippen MR) is 61.2 cm³/mol.